The van der Waals surface area contributed by atoms with Gasteiger partial charge in [-0.3, -0.25) is 4.99 Å². The first kappa shape index (κ1) is 32.3. The van der Waals surface area contributed by atoms with Crippen LogP contribution in [0.1, 0.15) is 93.4 Å². The number of nitrogen functional groups attached to an aromatic ring is 1. The Balaban J connectivity index is 1.11. The van der Waals surface area contributed by atoms with E-state index in [0.717, 1.165) is 68.7 Å². The normalized spacial score (nSPS) is 34.2. The molecule has 1 aromatic heterocycles. The van der Waals surface area contributed by atoms with Crippen LogP contribution in [0.15, 0.2) is 120 Å². The summed E-state index contributed by atoms with van der Waals surface area (Å²) in [6.45, 7) is 2.25. The molecular weight excluding hydrogens is 639 g/mol. The van der Waals surface area contributed by atoms with Crippen molar-refractivity contribution in [2.45, 2.75) is 107 Å². The van der Waals surface area contributed by atoms with Crippen molar-refractivity contribution in [2.75, 3.05) is 5.73 Å². The molecule has 5 nitrogen and oxygen atoms in total. The molecule has 52 heavy (non-hydrogen) atoms. The molecule has 1 fully saturated rings. The molecule has 4 aliphatic carbocycles. The van der Waals surface area contributed by atoms with Crippen LogP contribution in [0.5, 0.6) is 5.75 Å². The van der Waals surface area contributed by atoms with Crippen molar-refractivity contribution in [1.82, 2.24) is 4.57 Å². The Morgan fingerprint density at radius 3 is 2.77 bits per heavy atom. The SMILES string of the molecule is CCCc1c(N)n(C2C=CC=CC2)c2c(C3C=CC4=C(C3)Oc3ccccc3C43C4C=CC([C@@H]5CCCC=N5)CC4OC4C=CCC[C@H]43)cccc12. The van der Waals surface area contributed by atoms with E-state index in [9.17, 15) is 0 Å². The lowest BCUT2D eigenvalue weighted by molar-refractivity contribution is -0.132. The molecule has 3 aromatic rings. The van der Waals surface area contributed by atoms with Crippen molar-refractivity contribution in [3.05, 3.63) is 131 Å². The molecule has 3 aliphatic heterocycles. The van der Waals surface area contributed by atoms with Crippen LogP contribution in [0.3, 0.4) is 0 Å². The molecule has 0 amide bonds. The number of benzene rings is 2. The summed E-state index contributed by atoms with van der Waals surface area (Å²) < 4.78 is 16.7. The van der Waals surface area contributed by atoms with Gasteiger partial charge in [-0.25, -0.2) is 0 Å². The van der Waals surface area contributed by atoms with Crippen LogP contribution in [0.2, 0.25) is 0 Å². The van der Waals surface area contributed by atoms with Crippen LogP contribution in [0.4, 0.5) is 5.82 Å². The zero-order chi connectivity index (χ0) is 34.8. The van der Waals surface area contributed by atoms with E-state index in [1.165, 1.54) is 46.0 Å². The van der Waals surface area contributed by atoms with Gasteiger partial charge >= 0.3 is 0 Å². The monoisotopic (exact) mass is 689 g/mol. The zero-order valence-corrected chi connectivity index (χ0v) is 30.4. The van der Waals surface area contributed by atoms with Crippen LogP contribution < -0.4 is 10.5 Å². The predicted molar refractivity (Wildman–Crippen MR) is 212 cm³/mol. The fraction of sp³-hybridized carbons (Fsp3) is 0.426. The van der Waals surface area contributed by atoms with Crippen LogP contribution in [0, 0.1) is 17.8 Å². The number of anilines is 1. The third-order valence-corrected chi connectivity index (χ3v) is 13.5. The second-order valence-corrected chi connectivity index (χ2v) is 16.2. The molecule has 266 valence electrons. The van der Waals surface area contributed by atoms with Crippen LogP contribution in [0.25, 0.3) is 10.9 Å². The van der Waals surface area contributed by atoms with Gasteiger partial charge in [-0.1, -0.05) is 111 Å². The molecule has 7 aliphatic rings. The number of ether oxygens (including phenoxy) is 2. The van der Waals surface area contributed by atoms with E-state index in [1.54, 1.807) is 0 Å². The standard InChI is InChI=1S/C47H51N3O2/c1-2-13-35-34-17-12-16-33(45(34)50(46(35)48)32-14-4-3-5-15-32)30-23-25-38-43(28-30)51-41-21-8-6-18-36(41)47(38)37-19-7-9-22-42(37)52-44-29-31(24-26-39(44)47)40-20-10-11-27-49-40/h3-6,8-9,12,14,16-18,21-27,30-32,37,39-40,42,44H,2,7,10-11,13,15,19-20,28-29,48H2,1H3/t30?,31?,32?,37-,39?,40+,42?,44?,47?/m1/s1. The Kier molecular flexibility index (Phi) is 8.05. The van der Waals surface area contributed by atoms with Gasteiger partial charge in [0.15, 0.2) is 0 Å². The molecule has 4 heterocycles. The maximum absolute atomic E-state index is 7.18. The summed E-state index contributed by atoms with van der Waals surface area (Å²) in [6, 6.07) is 16.4. The fourth-order valence-electron chi connectivity index (χ4n) is 11.3. The number of para-hydroxylation sites is 2. The summed E-state index contributed by atoms with van der Waals surface area (Å²) in [5.41, 5.74) is 13.5. The van der Waals surface area contributed by atoms with E-state index in [1.807, 2.05) is 0 Å². The molecule has 0 bridgehead atoms. The number of nitrogens with two attached hydrogens (primary N) is 1. The van der Waals surface area contributed by atoms with E-state index < -0.39 is 0 Å². The van der Waals surface area contributed by atoms with Crippen molar-refractivity contribution in [3.63, 3.8) is 0 Å². The molecule has 1 saturated heterocycles. The van der Waals surface area contributed by atoms with Crippen LogP contribution in [-0.4, -0.2) is 29.0 Å². The summed E-state index contributed by atoms with van der Waals surface area (Å²) in [4.78, 5) is 4.99. The van der Waals surface area contributed by atoms with Crippen molar-refractivity contribution in [1.29, 1.82) is 0 Å². The number of allylic oxidation sites excluding steroid dienone is 9. The van der Waals surface area contributed by atoms with Gasteiger partial charge in [0.25, 0.3) is 0 Å². The van der Waals surface area contributed by atoms with Gasteiger partial charge in [0.2, 0.25) is 0 Å². The van der Waals surface area contributed by atoms with Gasteiger partial charge in [0, 0.05) is 57.6 Å². The molecule has 9 atom stereocenters. The number of aliphatic imine (C=N–C) groups is 1. The van der Waals surface area contributed by atoms with E-state index in [4.69, 9.17) is 20.2 Å². The van der Waals surface area contributed by atoms with Gasteiger partial charge in [0.05, 0.1) is 29.8 Å². The Morgan fingerprint density at radius 1 is 0.962 bits per heavy atom. The number of fused-ring (bicyclic) bond motifs is 8. The van der Waals surface area contributed by atoms with Crippen molar-refractivity contribution >= 4 is 22.9 Å². The molecule has 0 saturated carbocycles. The Morgan fingerprint density at radius 2 is 1.90 bits per heavy atom. The quantitative estimate of drug-likeness (QED) is 0.271. The minimum atomic E-state index is -0.231. The highest BCUT2D eigenvalue weighted by molar-refractivity contribution is 5.92. The number of hydrogen-bond donors (Lipinski definition) is 1. The Hall–Kier alpha value is -4.35. The smallest absolute Gasteiger partial charge is 0.131 e. The van der Waals surface area contributed by atoms with Gasteiger partial charge in [-0.05, 0) is 69.2 Å². The number of nitrogens with zero attached hydrogens (tertiary/aromatic N) is 2. The number of aryl methyl sites for hydroxylation is 1. The first-order chi connectivity index (χ1) is 25.7. The first-order valence-electron chi connectivity index (χ1n) is 20.1. The number of aromatic nitrogens is 1. The van der Waals surface area contributed by atoms with E-state index in [-0.39, 0.29) is 35.5 Å². The van der Waals surface area contributed by atoms with Gasteiger partial charge in [0.1, 0.15) is 17.3 Å². The second-order valence-electron chi connectivity index (χ2n) is 16.2. The summed E-state index contributed by atoms with van der Waals surface area (Å²) in [6.07, 6.45) is 36.6. The molecular formula is C47H51N3O2. The van der Waals surface area contributed by atoms with Gasteiger partial charge in [-0.2, -0.15) is 0 Å². The summed E-state index contributed by atoms with van der Waals surface area (Å²) in [5.74, 6) is 4.21. The molecule has 2 aromatic carbocycles. The van der Waals surface area contributed by atoms with E-state index in [2.05, 4.69) is 121 Å². The minimum absolute atomic E-state index is 0.0811. The molecule has 7 unspecified atom stereocenters. The summed E-state index contributed by atoms with van der Waals surface area (Å²) >= 11 is 0. The van der Waals surface area contributed by atoms with Crippen LogP contribution >= 0.6 is 0 Å². The highest BCUT2D eigenvalue weighted by atomic mass is 16.5. The summed E-state index contributed by atoms with van der Waals surface area (Å²) in [5, 5.41) is 1.30. The average molecular weight is 690 g/mol. The maximum atomic E-state index is 7.18. The van der Waals surface area contributed by atoms with Crippen molar-refractivity contribution in [3.8, 4) is 5.75 Å². The Bertz CT molecular complexity index is 2110. The fourth-order valence-corrected chi connectivity index (χ4v) is 11.3. The lowest BCUT2D eigenvalue weighted by Crippen LogP contribution is -2.60. The van der Waals surface area contributed by atoms with Crippen molar-refractivity contribution < 1.29 is 9.47 Å². The number of rotatable bonds is 5. The second kappa shape index (κ2) is 12.9. The summed E-state index contributed by atoms with van der Waals surface area (Å²) in [7, 11) is 0. The molecule has 1 spiro atoms. The predicted octanol–water partition coefficient (Wildman–Crippen LogP) is 10.4. The first-order valence-corrected chi connectivity index (χ1v) is 20.1. The van der Waals surface area contributed by atoms with Gasteiger partial charge in [-0.15, -0.1) is 0 Å². The van der Waals surface area contributed by atoms with Crippen LogP contribution in [-0.2, 0) is 16.6 Å². The highest BCUT2D eigenvalue weighted by Crippen LogP contribution is 2.63. The molecule has 0 radical (unpaired) electrons. The van der Waals surface area contributed by atoms with E-state index in [0.29, 0.717) is 17.9 Å². The zero-order valence-electron chi connectivity index (χ0n) is 30.4. The average Bonchev–Trinajstić information content (AvgIpc) is 3.48. The minimum Gasteiger partial charge on any atom is -0.461 e. The lowest BCUT2D eigenvalue weighted by atomic mass is 9.50. The van der Waals surface area contributed by atoms with Gasteiger partial charge < -0.3 is 19.8 Å². The maximum Gasteiger partial charge on any atom is 0.131 e. The third-order valence-electron chi connectivity index (χ3n) is 13.5. The lowest BCUT2D eigenvalue weighted by Gasteiger charge is -2.59. The highest BCUT2D eigenvalue weighted by Gasteiger charge is 2.61. The molecule has 2 N–H and O–H groups in total. The molecule has 10 rings (SSSR count). The topological polar surface area (TPSA) is 61.8 Å². The third kappa shape index (κ3) is 4.87. The largest absolute Gasteiger partial charge is 0.461 e. The molecule has 5 heteroatoms. The van der Waals surface area contributed by atoms with Crippen molar-refractivity contribution in [2.24, 2.45) is 22.7 Å². The Labute approximate surface area is 308 Å². The number of hydrogen-bond acceptors (Lipinski definition) is 4. The van der Waals surface area contributed by atoms with E-state index >= 15 is 0 Å².